The predicted octanol–water partition coefficient (Wildman–Crippen LogP) is 3.56. The van der Waals surface area contributed by atoms with Crippen LogP contribution in [0, 0.1) is 13.8 Å². The molecule has 3 heteroatoms. The molecule has 1 atom stereocenters. The number of carbonyl (C=O) groups is 1. The Morgan fingerprint density at radius 3 is 2.81 bits per heavy atom. The number of hydrogen-bond donors (Lipinski definition) is 1. The first-order chi connectivity index (χ1) is 10.1. The summed E-state index contributed by atoms with van der Waals surface area (Å²) in [5.74, 6) is 0.851. The van der Waals surface area contributed by atoms with Crippen LogP contribution in [-0.4, -0.2) is 12.5 Å². The maximum atomic E-state index is 12.5. The van der Waals surface area contributed by atoms with Gasteiger partial charge in [-0.15, -0.1) is 0 Å². The molecule has 0 radical (unpaired) electrons. The highest BCUT2D eigenvalue weighted by Gasteiger charge is 2.23. The van der Waals surface area contributed by atoms with Gasteiger partial charge in [0.25, 0.3) is 5.91 Å². The van der Waals surface area contributed by atoms with E-state index in [1.165, 1.54) is 5.56 Å². The van der Waals surface area contributed by atoms with Gasteiger partial charge in [-0.05, 0) is 31.5 Å². The zero-order valence-corrected chi connectivity index (χ0v) is 12.3. The summed E-state index contributed by atoms with van der Waals surface area (Å²) in [6, 6.07) is 13.8. The largest absolute Gasteiger partial charge is 0.493 e. The third-order valence-electron chi connectivity index (χ3n) is 3.89. The van der Waals surface area contributed by atoms with Gasteiger partial charge < -0.3 is 10.1 Å². The number of rotatable bonds is 2. The van der Waals surface area contributed by atoms with Crippen LogP contribution in [0.5, 0.6) is 5.75 Å². The lowest BCUT2D eigenvalue weighted by Gasteiger charge is -2.26. The molecule has 0 saturated carbocycles. The molecule has 1 heterocycles. The minimum Gasteiger partial charge on any atom is -0.493 e. The van der Waals surface area contributed by atoms with Gasteiger partial charge in [0.15, 0.2) is 0 Å². The maximum absolute atomic E-state index is 12.5. The molecule has 2 aromatic carbocycles. The van der Waals surface area contributed by atoms with Gasteiger partial charge in [-0.25, -0.2) is 0 Å². The molecular weight excluding hydrogens is 262 g/mol. The average Bonchev–Trinajstić information content (AvgIpc) is 2.47. The van der Waals surface area contributed by atoms with Crippen molar-refractivity contribution in [3.8, 4) is 5.75 Å². The molecule has 0 fully saturated rings. The van der Waals surface area contributed by atoms with E-state index in [1.807, 2.05) is 56.3 Å². The smallest absolute Gasteiger partial charge is 0.252 e. The van der Waals surface area contributed by atoms with Crippen LogP contribution >= 0.6 is 0 Å². The number of ether oxygens (including phenoxy) is 1. The van der Waals surface area contributed by atoms with Crippen LogP contribution in [0.2, 0.25) is 0 Å². The second-order valence-corrected chi connectivity index (χ2v) is 5.52. The summed E-state index contributed by atoms with van der Waals surface area (Å²) in [6.07, 6.45) is 0.799. The molecule has 0 bridgehead atoms. The standard InChI is InChI=1S/C18H19NO2/c1-12-7-8-14(13(2)11-12)18(20)19-16-9-10-21-17-6-4-3-5-15(16)17/h3-8,11,16H,9-10H2,1-2H3,(H,19,20)/t16-/m1/s1. The van der Waals surface area contributed by atoms with E-state index >= 15 is 0 Å². The molecule has 0 aromatic heterocycles. The molecule has 0 aliphatic carbocycles. The fourth-order valence-electron chi connectivity index (χ4n) is 2.80. The van der Waals surface area contributed by atoms with Crippen LogP contribution in [0.3, 0.4) is 0 Å². The molecule has 0 unspecified atom stereocenters. The third-order valence-corrected chi connectivity index (χ3v) is 3.89. The Balaban J connectivity index is 1.83. The van der Waals surface area contributed by atoms with Crippen molar-refractivity contribution in [2.24, 2.45) is 0 Å². The normalized spacial score (nSPS) is 16.8. The minimum absolute atomic E-state index is 0.0168. The van der Waals surface area contributed by atoms with Gasteiger partial charge in [-0.1, -0.05) is 35.9 Å². The van der Waals surface area contributed by atoms with E-state index in [1.54, 1.807) is 0 Å². The Kier molecular flexibility index (Phi) is 3.65. The van der Waals surface area contributed by atoms with Crippen molar-refractivity contribution in [1.29, 1.82) is 0 Å². The van der Waals surface area contributed by atoms with Crippen molar-refractivity contribution in [3.63, 3.8) is 0 Å². The van der Waals surface area contributed by atoms with Gasteiger partial charge in [0.2, 0.25) is 0 Å². The van der Waals surface area contributed by atoms with Crippen LogP contribution in [0.4, 0.5) is 0 Å². The molecule has 1 N–H and O–H groups in total. The van der Waals surface area contributed by atoms with Crippen molar-refractivity contribution in [2.45, 2.75) is 26.3 Å². The summed E-state index contributed by atoms with van der Waals surface area (Å²) in [5, 5.41) is 3.13. The Bertz CT molecular complexity index is 679. The number of nitrogens with one attached hydrogen (secondary N) is 1. The lowest BCUT2D eigenvalue weighted by molar-refractivity contribution is 0.0924. The maximum Gasteiger partial charge on any atom is 0.252 e. The second-order valence-electron chi connectivity index (χ2n) is 5.52. The Morgan fingerprint density at radius 2 is 2.00 bits per heavy atom. The molecule has 1 amide bonds. The van der Waals surface area contributed by atoms with Gasteiger partial charge in [0.05, 0.1) is 12.6 Å². The first kappa shape index (κ1) is 13.7. The van der Waals surface area contributed by atoms with Crippen molar-refractivity contribution in [2.75, 3.05) is 6.61 Å². The van der Waals surface area contributed by atoms with E-state index in [-0.39, 0.29) is 11.9 Å². The van der Waals surface area contributed by atoms with E-state index in [2.05, 4.69) is 5.32 Å². The van der Waals surface area contributed by atoms with Gasteiger partial charge in [0.1, 0.15) is 5.75 Å². The molecule has 0 spiro atoms. The molecule has 1 aliphatic rings. The number of para-hydroxylation sites is 1. The lowest BCUT2D eigenvalue weighted by Crippen LogP contribution is -2.32. The summed E-state index contributed by atoms with van der Waals surface area (Å²) in [6.45, 7) is 4.64. The highest BCUT2D eigenvalue weighted by molar-refractivity contribution is 5.96. The van der Waals surface area contributed by atoms with Gasteiger partial charge in [-0.3, -0.25) is 4.79 Å². The van der Waals surface area contributed by atoms with Crippen molar-refractivity contribution in [3.05, 3.63) is 64.7 Å². The molecule has 21 heavy (non-hydrogen) atoms. The number of amides is 1. The summed E-state index contributed by atoms with van der Waals surface area (Å²) >= 11 is 0. The van der Waals surface area contributed by atoms with Crippen molar-refractivity contribution < 1.29 is 9.53 Å². The monoisotopic (exact) mass is 281 g/mol. The second kappa shape index (κ2) is 5.60. The summed E-state index contributed by atoms with van der Waals surface area (Å²) in [7, 11) is 0. The summed E-state index contributed by atoms with van der Waals surface area (Å²) < 4.78 is 5.63. The van der Waals surface area contributed by atoms with Crippen LogP contribution in [0.15, 0.2) is 42.5 Å². The highest BCUT2D eigenvalue weighted by atomic mass is 16.5. The molecule has 2 aromatic rings. The third kappa shape index (κ3) is 2.77. The molecule has 0 saturated heterocycles. The van der Waals surface area contributed by atoms with Gasteiger partial charge >= 0.3 is 0 Å². The van der Waals surface area contributed by atoms with Crippen LogP contribution in [0.1, 0.15) is 39.5 Å². The first-order valence-electron chi connectivity index (χ1n) is 7.25. The fourth-order valence-corrected chi connectivity index (χ4v) is 2.80. The average molecular weight is 281 g/mol. The van der Waals surface area contributed by atoms with E-state index in [0.29, 0.717) is 6.61 Å². The lowest BCUT2D eigenvalue weighted by atomic mass is 9.99. The number of hydrogen-bond acceptors (Lipinski definition) is 2. The van der Waals surface area contributed by atoms with Crippen LogP contribution in [-0.2, 0) is 0 Å². The summed E-state index contributed by atoms with van der Waals surface area (Å²) in [5.41, 5.74) is 3.97. The zero-order chi connectivity index (χ0) is 14.8. The SMILES string of the molecule is Cc1ccc(C(=O)N[C@@H]2CCOc3ccccc32)c(C)c1. The highest BCUT2D eigenvalue weighted by Crippen LogP contribution is 2.31. The quantitative estimate of drug-likeness (QED) is 0.914. The van der Waals surface area contributed by atoms with Crippen LogP contribution < -0.4 is 10.1 Å². The number of aryl methyl sites for hydroxylation is 2. The molecule has 3 nitrogen and oxygen atoms in total. The minimum atomic E-state index is -0.0193. The van der Waals surface area contributed by atoms with Gasteiger partial charge in [0, 0.05) is 17.5 Å². The topological polar surface area (TPSA) is 38.3 Å². The van der Waals surface area contributed by atoms with Crippen LogP contribution in [0.25, 0.3) is 0 Å². The van der Waals surface area contributed by atoms with E-state index in [4.69, 9.17) is 4.74 Å². The van der Waals surface area contributed by atoms with Crippen molar-refractivity contribution in [1.82, 2.24) is 5.32 Å². The molecule has 3 rings (SSSR count). The first-order valence-corrected chi connectivity index (χ1v) is 7.25. The molecule has 1 aliphatic heterocycles. The number of carbonyl (C=O) groups excluding carboxylic acids is 1. The number of benzene rings is 2. The predicted molar refractivity (Wildman–Crippen MR) is 82.7 cm³/mol. The van der Waals surface area contributed by atoms with E-state index in [9.17, 15) is 4.79 Å². The summed E-state index contributed by atoms with van der Waals surface area (Å²) in [4.78, 5) is 12.5. The number of fused-ring (bicyclic) bond motifs is 1. The fraction of sp³-hybridized carbons (Fsp3) is 0.278. The van der Waals surface area contributed by atoms with E-state index in [0.717, 1.165) is 28.9 Å². The Morgan fingerprint density at radius 1 is 1.19 bits per heavy atom. The Hall–Kier alpha value is -2.29. The zero-order valence-electron chi connectivity index (χ0n) is 12.3. The molecule has 108 valence electrons. The Labute approximate surface area is 124 Å². The van der Waals surface area contributed by atoms with Gasteiger partial charge in [-0.2, -0.15) is 0 Å². The van der Waals surface area contributed by atoms with Crippen molar-refractivity contribution >= 4 is 5.91 Å². The molecular formula is C18H19NO2. The van der Waals surface area contributed by atoms with E-state index < -0.39 is 0 Å².